The van der Waals surface area contributed by atoms with Gasteiger partial charge in [-0.05, 0) is 41.7 Å². The first-order valence-electron chi connectivity index (χ1n) is 9.64. The second kappa shape index (κ2) is 7.89. The van der Waals surface area contributed by atoms with Crippen molar-refractivity contribution < 1.29 is 27.8 Å². The van der Waals surface area contributed by atoms with Gasteiger partial charge in [0, 0.05) is 30.0 Å². The van der Waals surface area contributed by atoms with Gasteiger partial charge in [0.2, 0.25) is 5.91 Å². The highest BCUT2D eigenvalue weighted by Crippen LogP contribution is 2.44. The largest absolute Gasteiger partial charge is 0.493 e. The number of amides is 1. The minimum Gasteiger partial charge on any atom is -0.493 e. The van der Waals surface area contributed by atoms with Crippen molar-refractivity contribution >= 4 is 11.7 Å². The summed E-state index contributed by atoms with van der Waals surface area (Å²) in [6.07, 6.45) is 0.527. The zero-order chi connectivity index (χ0) is 21.4. The molecule has 1 amide bonds. The average Bonchev–Trinajstić information content (AvgIpc) is 2.74. The van der Waals surface area contributed by atoms with Gasteiger partial charge in [0.15, 0.2) is 28.9 Å². The molecule has 2 aliphatic rings. The van der Waals surface area contributed by atoms with Crippen molar-refractivity contribution in [3.8, 4) is 11.5 Å². The minimum atomic E-state index is -1.01. The second-order valence-corrected chi connectivity index (χ2v) is 7.48. The topological polar surface area (TPSA) is 64.6 Å². The van der Waals surface area contributed by atoms with Crippen LogP contribution in [0.15, 0.2) is 47.7 Å². The molecule has 0 spiro atoms. The molecule has 1 aliphatic heterocycles. The van der Waals surface area contributed by atoms with E-state index in [1.54, 1.807) is 13.2 Å². The molecule has 1 aliphatic carbocycles. The van der Waals surface area contributed by atoms with E-state index < -0.39 is 17.6 Å². The van der Waals surface area contributed by atoms with Crippen molar-refractivity contribution in [1.82, 2.24) is 5.32 Å². The van der Waals surface area contributed by atoms with Crippen LogP contribution in [0.1, 0.15) is 42.2 Å². The number of carbonyl (C=O) groups excluding carboxylic acids is 2. The summed E-state index contributed by atoms with van der Waals surface area (Å²) in [5, 5.41) is 2.78. The Morgan fingerprint density at radius 1 is 0.967 bits per heavy atom. The molecule has 0 aromatic heterocycles. The van der Waals surface area contributed by atoms with Gasteiger partial charge in [-0.3, -0.25) is 9.59 Å². The molecule has 30 heavy (non-hydrogen) atoms. The van der Waals surface area contributed by atoms with Gasteiger partial charge >= 0.3 is 0 Å². The Morgan fingerprint density at radius 3 is 2.47 bits per heavy atom. The van der Waals surface area contributed by atoms with Crippen molar-refractivity contribution in [2.75, 3.05) is 14.2 Å². The van der Waals surface area contributed by atoms with E-state index in [1.807, 2.05) is 12.1 Å². The van der Waals surface area contributed by atoms with Gasteiger partial charge in [-0.25, -0.2) is 8.78 Å². The molecule has 0 bridgehead atoms. The quantitative estimate of drug-likeness (QED) is 0.823. The highest BCUT2D eigenvalue weighted by atomic mass is 19.2. The summed E-state index contributed by atoms with van der Waals surface area (Å²) >= 11 is 0. The summed E-state index contributed by atoms with van der Waals surface area (Å²) in [6.45, 7) is 0. The highest BCUT2D eigenvalue weighted by Gasteiger charge is 2.39. The number of ether oxygens (including phenoxy) is 2. The summed E-state index contributed by atoms with van der Waals surface area (Å²) < 4.78 is 38.8. The van der Waals surface area contributed by atoms with E-state index in [4.69, 9.17) is 9.47 Å². The molecule has 2 aromatic carbocycles. The van der Waals surface area contributed by atoms with Crippen LogP contribution in [0.2, 0.25) is 0 Å². The third kappa shape index (κ3) is 3.44. The van der Waals surface area contributed by atoms with Crippen LogP contribution in [0.5, 0.6) is 11.5 Å². The lowest BCUT2D eigenvalue weighted by Gasteiger charge is -2.34. The van der Waals surface area contributed by atoms with E-state index in [1.165, 1.54) is 19.2 Å². The van der Waals surface area contributed by atoms with E-state index >= 15 is 0 Å². The third-order valence-electron chi connectivity index (χ3n) is 5.77. The van der Waals surface area contributed by atoms with Gasteiger partial charge in [-0.1, -0.05) is 18.2 Å². The summed E-state index contributed by atoms with van der Waals surface area (Å²) in [7, 11) is 3.08. The fourth-order valence-corrected chi connectivity index (χ4v) is 4.36. The molecule has 0 unspecified atom stereocenters. The van der Waals surface area contributed by atoms with E-state index in [2.05, 4.69) is 5.32 Å². The molecule has 1 heterocycles. The fourth-order valence-electron chi connectivity index (χ4n) is 4.36. The van der Waals surface area contributed by atoms with Crippen molar-refractivity contribution in [2.45, 2.75) is 31.1 Å². The monoisotopic (exact) mass is 413 g/mol. The predicted octanol–water partition coefficient (Wildman–Crippen LogP) is 3.99. The van der Waals surface area contributed by atoms with Gasteiger partial charge in [-0.2, -0.15) is 0 Å². The zero-order valence-electron chi connectivity index (χ0n) is 16.6. The van der Waals surface area contributed by atoms with Crippen LogP contribution in [-0.2, 0) is 9.59 Å². The Morgan fingerprint density at radius 2 is 1.73 bits per heavy atom. The van der Waals surface area contributed by atoms with Crippen molar-refractivity contribution in [3.63, 3.8) is 0 Å². The van der Waals surface area contributed by atoms with Crippen LogP contribution in [0.25, 0.3) is 0 Å². The van der Waals surface area contributed by atoms with Crippen LogP contribution >= 0.6 is 0 Å². The van der Waals surface area contributed by atoms with Gasteiger partial charge < -0.3 is 14.8 Å². The number of hydrogen-bond donors (Lipinski definition) is 1. The molecule has 1 N–H and O–H groups in total. The zero-order valence-corrected chi connectivity index (χ0v) is 16.6. The standard InChI is InChI=1S/C23H21F2NO4/c1-29-19-7-6-12(10-20(19)30-2)13-8-17-22(18(27)9-13)15(11-21(28)26-17)14-4-3-5-16(24)23(14)25/h3-7,10,13,15H,8-9,11H2,1-2H3,(H,26,28)/t13-,15+/m0/s1. The molecule has 0 saturated heterocycles. The molecule has 7 heteroatoms. The predicted molar refractivity (Wildman–Crippen MR) is 105 cm³/mol. The van der Waals surface area contributed by atoms with Crippen LogP contribution in [0.4, 0.5) is 8.78 Å². The summed E-state index contributed by atoms with van der Waals surface area (Å²) in [5.41, 5.74) is 1.77. The van der Waals surface area contributed by atoms with Crippen molar-refractivity contribution in [2.24, 2.45) is 0 Å². The molecule has 2 aromatic rings. The lowest BCUT2D eigenvalue weighted by atomic mass is 9.73. The number of allylic oxidation sites excluding steroid dienone is 2. The lowest BCUT2D eigenvalue weighted by molar-refractivity contribution is -0.122. The normalized spacial score (nSPS) is 21.2. The van der Waals surface area contributed by atoms with Gasteiger partial charge in [0.25, 0.3) is 0 Å². The molecule has 156 valence electrons. The first kappa shape index (κ1) is 20.1. The Bertz CT molecular complexity index is 1060. The molecular weight excluding hydrogens is 392 g/mol. The maximum absolute atomic E-state index is 14.4. The number of benzene rings is 2. The number of halogens is 2. The number of hydrogen-bond acceptors (Lipinski definition) is 4. The van der Waals surface area contributed by atoms with Crippen molar-refractivity contribution in [3.05, 3.63) is 70.4 Å². The molecule has 4 rings (SSSR count). The number of Topliss-reactive ketones (excluding diaryl/α,β-unsaturated/α-hetero) is 1. The maximum Gasteiger partial charge on any atom is 0.225 e. The Labute approximate surface area is 172 Å². The van der Waals surface area contributed by atoms with Gasteiger partial charge in [0.1, 0.15) is 0 Å². The minimum absolute atomic E-state index is 0.0373. The number of methoxy groups -OCH3 is 2. The van der Waals surface area contributed by atoms with Crippen LogP contribution in [-0.4, -0.2) is 25.9 Å². The Balaban J connectivity index is 1.72. The van der Waals surface area contributed by atoms with Crippen LogP contribution in [0, 0.1) is 11.6 Å². The summed E-state index contributed by atoms with van der Waals surface area (Å²) in [5.74, 6) is -2.33. The number of carbonyl (C=O) groups is 2. The maximum atomic E-state index is 14.4. The SMILES string of the molecule is COc1ccc([C@@H]2CC(=O)C3=C(C2)NC(=O)C[C@@H]3c2cccc(F)c2F)cc1OC. The van der Waals surface area contributed by atoms with Crippen LogP contribution < -0.4 is 14.8 Å². The Hall–Kier alpha value is -3.22. The number of nitrogens with one attached hydrogen (secondary N) is 1. The smallest absolute Gasteiger partial charge is 0.225 e. The third-order valence-corrected chi connectivity index (χ3v) is 5.77. The number of rotatable bonds is 4. The fraction of sp³-hybridized carbons (Fsp3) is 0.304. The van der Waals surface area contributed by atoms with E-state index in [0.717, 1.165) is 11.6 Å². The van der Waals surface area contributed by atoms with E-state index in [9.17, 15) is 18.4 Å². The van der Waals surface area contributed by atoms with Crippen molar-refractivity contribution in [1.29, 1.82) is 0 Å². The average molecular weight is 413 g/mol. The molecule has 0 fully saturated rings. The molecule has 2 atom stereocenters. The molecule has 0 saturated carbocycles. The Kier molecular flexibility index (Phi) is 5.28. The second-order valence-electron chi connectivity index (χ2n) is 7.48. The molecule has 5 nitrogen and oxygen atoms in total. The lowest BCUT2D eigenvalue weighted by Crippen LogP contribution is -2.38. The van der Waals surface area contributed by atoms with E-state index in [0.29, 0.717) is 29.2 Å². The van der Waals surface area contributed by atoms with Crippen LogP contribution in [0.3, 0.4) is 0 Å². The van der Waals surface area contributed by atoms with E-state index in [-0.39, 0.29) is 36.0 Å². The van der Waals surface area contributed by atoms with Gasteiger partial charge in [-0.15, -0.1) is 0 Å². The molecular formula is C23H21F2NO4. The molecule has 0 radical (unpaired) electrons. The summed E-state index contributed by atoms with van der Waals surface area (Å²) in [6, 6.07) is 9.29. The van der Waals surface area contributed by atoms with Gasteiger partial charge in [0.05, 0.1) is 14.2 Å². The number of ketones is 1. The summed E-state index contributed by atoms with van der Waals surface area (Å²) in [4.78, 5) is 25.4. The highest BCUT2D eigenvalue weighted by molar-refractivity contribution is 6.02. The first-order chi connectivity index (χ1) is 14.4. The first-order valence-corrected chi connectivity index (χ1v) is 9.64.